The summed E-state index contributed by atoms with van der Waals surface area (Å²) in [7, 11) is 0. The van der Waals surface area contributed by atoms with Gasteiger partial charge in [0.25, 0.3) is 0 Å². The van der Waals surface area contributed by atoms with Crippen LogP contribution in [-0.4, -0.2) is 10.9 Å². The second-order valence-corrected chi connectivity index (χ2v) is 6.57. The molecule has 0 saturated carbocycles. The molecule has 0 bridgehead atoms. The van der Waals surface area contributed by atoms with Crippen LogP contribution in [-0.2, 0) is 11.3 Å². The summed E-state index contributed by atoms with van der Waals surface area (Å²) in [6, 6.07) is 9.93. The number of rotatable bonds is 12. The zero-order valence-electron chi connectivity index (χ0n) is 15.3. The molecule has 0 spiro atoms. The third-order valence-electron chi connectivity index (χ3n) is 4.34. The molecule has 2 aromatic rings. The normalized spacial score (nSPS) is 10.6. The molecule has 2 rings (SSSR count). The van der Waals surface area contributed by atoms with Crippen LogP contribution in [0.5, 0.6) is 0 Å². The number of hydrogen-bond donors (Lipinski definition) is 3. The Morgan fingerprint density at radius 2 is 1.60 bits per heavy atom. The highest BCUT2D eigenvalue weighted by Gasteiger charge is 2.02. The Labute approximate surface area is 151 Å². The van der Waals surface area contributed by atoms with Crippen molar-refractivity contribution in [2.24, 2.45) is 0 Å². The van der Waals surface area contributed by atoms with Gasteiger partial charge in [-0.2, -0.15) is 0 Å². The summed E-state index contributed by atoms with van der Waals surface area (Å²) < 4.78 is 0. The molecule has 0 unspecified atom stereocenters. The number of carbonyl (C=O) groups is 1. The molecule has 1 aromatic heterocycles. The Bertz CT molecular complexity index is 590. The van der Waals surface area contributed by atoms with E-state index < -0.39 is 0 Å². The maximum absolute atomic E-state index is 12.0. The summed E-state index contributed by atoms with van der Waals surface area (Å²) in [6.07, 6.45) is 13.1. The first-order valence-electron chi connectivity index (χ1n) is 9.53. The minimum atomic E-state index is 0.113. The summed E-state index contributed by atoms with van der Waals surface area (Å²) in [5.74, 6) is 0.113. The van der Waals surface area contributed by atoms with Crippen molar-refractivity contribution in [2.45, 2.75) is 64.8 Å². The summed E-state index contributed by atoms with van der Waals surface area (Å²) in [5.41, 5.74) is 3.12. The summed E-state index contributed by atoms with van der Waals surface area (Å²) in [5, 5.41) is 6.34. The second-order valence-electron chi connectivity index (χ2n) is 6.57. The topological polar surface area (TPSA) is 56.9 Å². The first-order valence-corrected chi connectivity index (χ1v) is 9.53. The van der Waals surface area contributed by atoms with E-state index in [1.807, 2.05) is 42.7 Å². The second kappa shape index (κ2) is 11.3. The van der Waals surface area contributed by atoms with Gasteiger partial charge in [0.15, 0.2) is 0 Å². The van der Waals surface area contributed by atoms with Crippen LogP contribution in [0.15, 0.2) is 42.7 Å². The van der Waals surface area contributed by atoms with Gasteiger partial charge in [0.1, 0.15) is 0 Å². The van der Waals surface area contributed by atoms with Gasteiger partial charge in [-0.15, -0.1) is 0 Å². The first kappa shape index (κ1) is 19.1. The van der Waals surface area contributed by atoms with Crippen LogP contribution in [0.3, 0.4) is 0 Å². The number of amides is 1. The number of carbonyl (C=O) groups excluding carboxylic acids is 1. The number of hydrogen-bond acceptors (Lipinski definition) is 2. The third kappa shape index (κ3) is 7.92. The molecular formula is C21H31N3O. The standard InChI is InChI=1S/C21H31N3O/c1-2-3-4-5-6-7-8-9-21(25)24-20-12-10-19(11-13-20)23-17-18-14-15-22-16-18/h10-16,22-23H,2-9,17H2,1H3,(H,24,25). The predicted octanol–water partition coefficient (Wildman–Crippen LogP) is 5.71. The quantitative estimate of drug-likeness (QED) is 0.433. The average Bonchev–Trinajstić information content (AvgIpc) is 3.14. The smallest absolute Gasteiger partial charge is 0.224 e. The fraction of sp³-hybridized carbons (Fsp3) is 0.476. The van der Waals surface area contributed by atoms with E-state index in [0.29, 0.717) is 6.42 Å². The summed E-state index contributed by atoms with van der Waals surface area (Å²) >= 11 is 0. The van der Waals surface area contributed by atoms with Crippen LogP contribution >= 0.6 is 0 Å². The molecule has 0 radical (unpaired) electrons. The van der Waals surface area contributed by atoms with E-state index in [1.54, 1.807) is 0 Å². The zero-order valence-corrected chi connectivity index (χ0v) is 15.3. The molecule has 3 N–H and O–H groups in total. The molecule has 25 heavy (non-hydrogen) atoms. The third-order valence-corrected chi connectivity index (χ3v) is 4.34. The molecule has 4 heteroatoms. The van der Waals surface area contributed by atoms with Crippen molar-refractivity contribution >= 4 is 17.3 Å². The molecule has 4 nitrogen and oxygen atoms in total. The molecule has 1 aromatic carbocycles. The Balaban J connectivity index is 1.60. The maximum Gasteiger partial charge on any atom is 0.224 e. The molecule has 0 aliphatic carbocycles. The zero-order chi connectivity index (χ0) is 17.7. The largest absolute Gasteiger partial charge is 0.381 e. The molecule has 0 aliphatic rings. The van der Waals surface area contributed by atoms with Crippen LogP contribution in [0, 0.1) is 0 Å². The summed E-state index contributed by atoms with van der Waals surface area (Å²) in [6.45, 7) is 3.02. The van der Waals surface area contributed by atoms with Gasteiger partial charge in [-0.1, -0.05) is 45.4 Å². The van der Waals surface area contributed by atoms with Gasteiger partial charge >= 0.3 is 0 Å². The monoisotopic (exact) mass is 341 g/mol. The molecule has 1 heterocycles. The van der Waals surface area contributed by atoms with Gasteiger partial charge in [0.05, 0.1) is 0 Å². The lowest BCUT2D eigenvalue weighted by Crippen LogP contribution is -2.11. The van der Waals surface area contributed by atoms with E-state index in [1.165, 1.54) is 37.7 Å². The number of aromatic nitrogens is 1. The molecule has 136 valence electrons. The Hall–Kier alpha value is -2.23. The first-order chi connectivity index (χ1) is 12.3. The van der Waals surface area contributed by atoms with E-state index in [2.05, 4.69) is 22.5 Å². The lowest BCUT2D eigenvalue weighted by molar-refractivity contribution is -0.116. The lowest BCUT2D eigenvalue weighted by atomic mass is 10.1. The van der Waals surface area contributed by atoms with Crippen LogP contribution in [0.4, 0.5) is 11.4 Å². The van der Waals surface area contributed by atoms with Gasteiger partial charge in [0, 0.05) is 36.7 Å². The minimum Gasteiger partial charge on any atom is -0.381 e. The van der Waals surface area contributed by atoms with Gasteiger partial charge < -0.3 is 15.6 Å². The number of unbranched alkanes of at least 4 members (excludes halogenated alkanes) is 6. The minimum absolute atomic E-state index is 0.113. The van der Waals surface area contributed by atoms with Crippen molar-refractivity contribution < 1.29 is 4.79 Å². The van der Waals surface area contributed by atoms with Crippen molar-refractivity contribution in [3.63, 3.8) is 0 Å². The predicted molar refractivity (Wildman–Crippen MR) is 106 cm³/mol. The van der Waals surface area contributed by atoms with E-state index in [0.717, 1.165) is 30.8 Å². The molecular weight excluding hydrogens is 310 g/mol. The highest BCUT2D eigenvalue weighted by molar-refractivity contribution is 5.90. The van der Waals surface area contributed by atoms with E-state index in [-0.39, 0.29) is 5.91 Å². The molecule has 1 amide bonds. The molecule has 0 fully saturated rings. The Morgan fingerprint density at radius 1 is 0.920 bits per heavy atom. The molecule has 0 aliphatic heterocycles. The van der Waals surface area contributed by atoms with Crippen molar-refractivity contribution in [2.75, 3.05) is 10.6 Å². The van der Waals surface area contributed by atoms with Crippen molar-refractivity contribution in [3.05, 3.63) is 48.3 Å². The molecule has 0 saturated heterocycles. The van der Waals surface area contributed by atoms with Crippen molar-refractivity contribution in [1.29, 1.82) is 0 Å². The van der Waals surface area contributed by atoms with Crippen molar-refractivity contribution in [1.82, 2.24) is 4.98 Å². The van der Waals surface area contributed by atoms with Crippen LogP contribution in [0.25, 0.3) is 0 Å². The number of nitrogens with one attached hydrogen (secondary N) is 3. The highest BCUT2D eigenvalue weighted by Crippen LogP contribution is 2.15. The maximum atomic E-state index is 12.0. The van der Waals surface area contributed by atoms with Gasteiger partial charge in [0.2, 0.25) is 5.91 Å². The van der Waals surface area contributed by atoms with Gasteiger partial charge in [-0.05, 0) is 42.3 Å². The summed E-state index contributed by atoms with van der Waals surface area (Å²) in [4.78, 5) is 15.0. The van der Waals surface area contributed by atoms with Crippen LogP contribution < -0.4 is 10.6 Å². The van der Waals surface area contributed by atoms with E-state index in [9.17, 15) is 4.79 Å². The lowest BCUT2D eigenvalue weighted by Gasteiger charge is -2.08. The van der Waals surface area contributed by atoms with Crippen molar-refractivity contribution in [3.8, 4) is 0 Å². The van der Waals surface area contributed by atoms with Crippen LogP contribution in [0.2, 0.25) is 0 Å². The molecule has 0 atom stereocenters. The number of benzene rings is 1. The highest BCUT2D eigenvalue weighted by atomic mass is 16.1. The number of aromatic amines is 1. The number of H-pyrrole nitrogens is 1. The van der Waals surface area contributed by atoms with E-state index >= 15 is 0 Å². The fourth-order valence-electron chi connectivity index (χ4n) is 2.81. The van der Waals surface area contributed by atoms with Gasteiger partial charge in [-0.3, -0.25) is 4.79 Å². The van der Waals surface area contributed by atoms with Crippen LogP contribution in [0.1, 0.15) is 63.9 Å². The van der Waals surface area contributed by atoms with Gasteiger partial charge in [-0.25, -0.2) is 0 Å². The average molecular weight is 341 g/mol. The number of anilines is 2. The van der Waals surface area contributed by atoms with E-state index in [4.69, 9.17) is 0 Å². The SMILES string of the molecule is CCCCCCCCCC(=O)Nc1ccc(NCc2cc[nH]c2)cc1. The fourth-order valence-corrected chi connectivity index (χ4v) is 2.81. The Morgan fingerprint density at radius 3 is 2.28 bits per heavy atom. The Kier molecular flexibility index (Phi) is 8.67.